The Bertz CT molecular complexity index is 1550. The summed E-state index contributed by atoms with van der Waals surface area (Å²) in [6, 6.07) is 19.9. The van der Waals surface area contributed by atoms with Gasteiger partial charge in [-0.3, -0.25) is 4.79 Å². The highest BCUT2D eigenvalue weighted by Gasteiger charge is 2.30. The number of benzene rings is 3. The van der Waals surface area contributed by atoms with Crippen LogP contribution in [0, 0.1) is 0 Å². The fourth-order valence-electron chi connectivity index (χ4n) is 4.21. The van der Waals surface area contributed by atoms with Crippen LogP contribution >= 0.6 is 11.3 Å². The number of ether oxygens (including phenoxy) is 1. The number of aromatic nitrogens is 1. The molecule has 42 heavy (non-hydrogen) atoms. The largest absolute Gasteiger partial charge is 0.487 e. The number of aryl methyl sites for hydroxylation is 1. The number of halogens is 3. The molecule has 218 valence electrons. The zero-order valence-electron chi connectivity index (χ0n) is 22.9. The van der Waals surface area contributed by atoms with E-state index in [2.05, 4.69) is 12.2 Å². The van der Waals surface area contributed by atoms with Gasteiger partial charge in [0, 0.05) is 34.2 Å². The summed E-state index contributed by atoms with van der Waals surface area (Å²) in [5.74, 6) is -1.04. The molecule has 0 aliphatic carbocycles. The van der Waals surface area contributed by atoms with Crippen LogP contribution < -0.4 is 10.1 Å². The number of ketones is 1. The van der Waals surface area contributed by atoms with E-state index in [-0.39, 0.29) is 17.7 Å². The van der Waals surface area contributed by atoms with Crippen molar-refractivity contribution in [3.05, 3.63) is 118 Å². The molecule has 0 radical (unpaired) electrons. The lowest BCUT2D eigenvalue weighted by atomic mass is 10.0. The van der Waals surface area contributed by atoms with Gasteiger partial charge in [0.1, 0.15) is 23.4 Å². The van der Waals surface area contributed by atoms with Crippen LogP contribution in [0.2, 0.25) is 0 Å². The molecule has 0 aliphatic heterocycles. The fourth-order valence-corrected chi connectivity index (χ4v) is 5.22. The van der Waals surface area contributed by atoms with Crippen LogP contribution in [0.1, 0.15) is 45.9 Å². The summed E-state index contributed by atoms with van der Waals surface area (Å²) in [5.41, 5.74) is 2.16. The lowest BCUT2D eigenvalue weighted by molar-refractivity contribution is -0.139. The summed E-state index contributed by atoms with van der Waals surface area (Å²) >= 11 is 1.65. The van der Waals surface area contributed by atoms with Crippen LogP contribution in [0.25, 0.3) is 10.6 Å². The minimum absolute atomic E-state index is 0.0617. The van der Waals surface area contributed by atoms with E-state index in [1.807, 2.05) is 30.3 Å². The number of thiazole rings is 1. The molecule has 1 atom stereocenters. The van der Waals surface area contributed by atoms with Crippen molar-refractivity contribution in [2.45, 2.75) is 45.5 Å². The van der Waals surface area contributed by atoms with E-state index >= 15 is 0 Å². The highest BCUT2D eigenvalue weighted by atomic mass is 32.1. The van der Waals surface area contributed by atoms with E-state index < -0.39 is 29.5 Å². The lowest BCUT2D eigenvalue weighted by Gasteiger charge is -2.16. The molecule has 1 aromatic heterocycles. The number of nitrogens with one attached hydrogen (secondary N) is 1. The second-order valence-corrected chi connectivity index (χ2v) is 10.6. The van der Waals surface area contributed by atoms with Gasteiger partial charge in [0.15, 0.2) is 5.78 Å². The number of carbonyl (C=O) groups excluding carboxylic acids is 1. The van der Waals surface area contributed by atoms with E-state index in [4.69, 9.17) is 9.72 Å². The molecule has 0 fully saturated rings. The zero-order chi connectivity index (χ0) is 30.3. The van der Waals surface area contributed by atoms with Crippen molar-refractivity contribution in [3.63, 3.8) is 0 Å². The molecule has 3 aromatic carbocycles. The first-order chi connectivity index (χ1) is 20.0. The van der Waals surface area contributed by atoms with E-state index in [1.165, 1.54) is 13.0 Å². The summed E-state index contributed by atoms with van der Waals surface area (Å²) in [7, 11) is 0. The van der Waals surface area contributed by atoms with Crippen LogP contribution in [0.5, 0.6) is 5.75 Å². The molecule has 4 aromatic rings. The Morgan fingerprint density at radius 3 is 2.29 bits per heavy atom. The molecule has 6 nitrogen and oxygen atoms in total. The van der Waals surface area contributed by atoms with E-state index in [1.54, 1.807) is 35.6 Å². The molecule has 0 bridgehead atoms. The maximum Gasteiger partial charge on any atom is 0.416 e. The number of rotatable bonds is 12. The Morgan fingerprint density at radius 1 is 1.02 bits per heavy atom. The first-order valence-corrected chi connectivity index (χ1v) is 14.0. The van der Waals surface area contributed by atoms with Crippen LogP contribution in [0.4, 0.5) is 13.2 Å². The Kier molecular flexibility index (Phi) is 9.80. The van der Waals surface area contributed by atoms with Crippen molar-refractivity contribution >= 4 is 23.1 Å². The predicted octanol–water partition coefficient (Wildman–Crippen LogP) is 7.34. The van der Waals surface area contributed by atoms with E-state index in [9.17, 15) is 27.9 Å². The molecular formula is C32H29F3N2O4S. The Balaban J connectivity index is 1.35. The molecule has 0 saturated heterocycles. The molecule has 0 aliphatic rings. The molecule has 10 heteroatoms. The maximum atomic E-state index is 12.8. The highest BCUT2D eigenvalue weighted by Crippen LogP contribution is 2.30. The number of hydrogen-bond acceptors (Lipinski definition) is 6. The van der Waals surface area contributed by atoms with Gasteiger partial charge in [0.05, 0.1) is 11.3 Å². The van der Waals surface area contributed by atoms with E-state index in [0.29, 0.717) is 12.4 Å². The zero-order valence-corrected chi connectivity index (χ0v) is 23.8. The summed E-state index contributed by atoms with van der Waals surface area (Å²) < 4.78 is 44.3. The molecular weight excluding hydrogens is 565 g/mol. The Labute approximate surface area is 245 Å². The van der Waals surface area contributed by atoms with Gasteiger partial charge in [-0.1, -0.05) is 61.5 Å². The third-order valence-electron chi connectivity index (χ3n) is 6.40. The standard InChI is InChI=1S/C32H29F3N2O4S/c1-3-29-27(37-30(42-29)23-7-5-4-6-8-23)19-41-25-15-9-21(10-16-25)18-26(31(39)40)36-20(2)17-28(38)22-11-13-24(14-12-22)32(33,34)35/h4-17,26,36H,3,18-19H2,1-2H3,(H,39,40)/b20-17-. The lowest BCUT2D eigenvalue weighted by Crippen LogP contribution is -2.37. The van der Waals surface area contributed by atoms with Crippen LogP contribution in [0.3, 0.4) is 0 Å². The van der Waals surface area contributed by atoms with Gasteiger partial charge in [0.2, 0.25) is 0 Å². The monoisotopic (exact) mass is 594 g/mol. The van der Waals surface area contributed by atoms with Gasteiger partial charge in [0.25, 0.3) is 0 Å². The fraction of sp³-hybridized carbons (Fsp3) is 0.219. The summed E-state index contributed by atoms with van der Waals surface area (Å²) in [6.45, 7) is 3.91. The van der Waals surface area contributed by atoms with Crippen molar-refractivity contribution in [3.8, 4) is 16.3 Å². The van der Waals surface area contributed by atoms with Crippen molar-refractivity contribution in [2.75, 3.05) is 0 Å². The minimum atomic E-state index is -4.50. The molecule has 0 spiro atoms. The second-order valence-electron chi connectivity index (χ2n) is 9.55. The predicted molar refractivity (Wildman–Crippen MR) is 155 cm³/mol. The smallest absolute Gasteiger partial charge is 0.416 e. The van der Waals surface area contributed by atoms with Gasteiger partial charge in [-0.15, -0.1) is 11.3 Å². The molecule has 1 heterocycles. The topological polar surface area (TPSA) is 88.5 Å². The number of alkyl halides is 3. The Morgan fingerprint density at radius 2 is 1.69 bits per heavy atom. The highest BCUT2D eigenvalue weighted by molar-refractivity contribution is 7.15. The third kappa shape index (κ3) is 8.07. The number of carbonyl (C=O) groups is 2. The van der Waals surface area contributed by atoms with Crippen molar-refractivity contribution < 1.29 is 32.6 Å². The van der Waals surface area contributed by atoms with Crippen molar-refractivity contribution in [1.82, 2.24) is 10.3 Å². The third-order valence-corrected chi connectivity index (χ3v) is 7.69. The van der Waals surface area contributed by atoms with Crippen molar-refractivity contribution in [2.24, 2.45) is 0 Å². The van der Waals surface area contributed by atoms with Gasteiger partial charge in [-0.2, -0.15) is 13.2 Å². The SMILES string of the molecule is CCc1sc(-c2ccccc2)nc1COc1ccc(CC(N/C(C)=C\C(=O)c2ccc(C(F)(F)F)cc2)C(=O)O)cc1. The molecule has 0 saturated carbocycles. The van der Waals surface area contributed by atoms with Crippen LogP contribution in [0.15, 0.2) is 90.6 Å². The average molecular weight is 595 g/mol. The number of carboxylic acids is 1. The van der Waals surface area contributed by atoms with Gasteiger partial charge in [-0.25, -0.2) is 9.78 Å². The average Bonchev–Trinajstić information content (AvgIpc) is 3.40. The summed E-state index contributed by atoms with van der Waals surface area (Å²) in [6.07, 6.45) is -2.36. The first kappa shape index (κ1) is 30.5. The van der Waals surface area contributed by atoms with Crippen LogP contribution in [-0.4, -0.2) is 27.9 Å². The van der Waals surface area contributed by atoms with Gasteiger partial charge >= 0.3 is 12.1 Å². The normalized spacial score (nSPS) is 12.5. The number of allylic oxidation sites excluding steroid dienone is 2. The molecule has 2 N–H and O–H groups in total. The molecule has 1 unspecified atom stereocenters. The first-order valence-electron chi connectivity index (χ1n) is 13.2. The Hall–Kier alpha value is -4.44. The number of carboxylic acid groups (broad SMARTS) is 1. The van der Waals surface area contributed by atoms with Gasteiger partial charge < -0.3 is 15.2 Å². The van der Waals surface area contributed by atoms with E-state index in [0.717, 1.165) is 57.4 Å². The summed E-state index contributed by atoms with van der Waals surface area (Å²) in [5, 5.41) is 13.5. The number of nitrogens with zero attached hydrogens (tertiary/aromatic N) is 1. The quantitative estimate of drug-likeness (QED) is 0.132. The van der Waals surface area contributed by atoms with Crippen molar-refractivity contribution in [1.29, 1.82) is 0 Å². The van der Waals surface area contributed by atoms with Crippen LogP contribution in [-0.2, 0) is 30.4 Å². The summed E-state index contributed by atoms with van der Waals surface area (Å²) in [4.78, 5) is 30.3. The minimum Gasteiger partial charge on any atom is -0.487 e. The molecule has 0 amide bonds. The maximum absolute atomic E-state index is 12.8. The number of aliphatic carboxylic acids is 1. The molecule has 4 rings (SSSR count). The number of hydrogen-bond donors (Lipinski definition) is 2. The van der Waals surface area contributed by atoms with Gasteiger partial charge in [-0.05, 0) is 43.2 Å². The second kappa shape index (κ2) is 13.5.